The average Bonchev–Trinajstić information content (AvgIpc) is 3.07. The quantitative estimate of drug-likeness (QED) is 0.396. The highest BCUT2D eigenvalue weighted by molar-refractivity contribution is 8.01. The molecule has 0 atom stereocenters. The number of methoxy groups -OCH3 is 1. The number of ether oxygens (including phenoxy) is 1. The Hall–Kier alpha value is -1.96. The molecule has 3 rings (SSSR count). The zero-order valence-corrected chi connectivity index (χ0v) is 21.1. The normalized spacial score (nSPS) is 15.9. The molecule has 0 aromatic carbocycles. The lowest BCUT2D eigenvalue weighted by molar-refractivity contribution is 0.218. The van der Waals surface area contributed by atoms with Gasteiger partial charge in [-0.1, -0.05) is 34.6 Å². The number of pyridine rings is 1. The largest absolute Gasteiger partial charge is 0.393 e. The van der Waals surface area contributed by atoms with E-state index in [1.165, 1.54) is 20.7 Å². The maximum Gasteiger partial charge on any atom is 0.153 e. The third-order valence-corrected chi connectivity index (χ3v) is 7.43. The molecule has 0 saturated heterocycles. The molecule has 0 saturated carbocycles. The Labute approximate surface area is 193 Å². The molecule has 7 heteroatoms. The molecule has 0 fully saturated rings. The van der Waals surface area contributed by atoms with Crippen molar-refractivity contribution in [2.24, 2.45) is 4.99 Å². The summed E-state index contributed by atoms with van der Waals surface area (Å²) in [5.41, 5.74) is 5.26. The topological polar surface area (TPSA) is 70.4 Å². The molecule has 166 valence electrons. The number of rotatable bonds is 7. The van der Waals surface area contributed by atoms with Gasteiger partial charge in [-0.2, -0.15) is 0 Å². The fourth-order valence-electron chi connectivity index (χ4n) is 3.58. The molecular formula is C24H32N4OS2. The van der Waals surface area contributed by atoms with E-state index in [1.54, 1.807) is 30.9 Å². The first-order valence-corrected chi connectivity index (χ1v) is 12.3. The van der Waals surface area contributed by atoms with Gasteiger partial charge in [0.2, 0.25) is 0 Å². The minimum absolute atomic E-state index is 0.0299. The number of hydrogen-bond acceptors (Lipinski definition) is 6. The van der Waals surface area contributed by atoms with Gasteiger partial charge in [0, 0.05) is 48.9 Å². The van der Waals surface area contributed by atoms with Crippen molar-refractivity contribution in [3.8, 4) is 0 Å². The number of hydrogen-bond donors (Lipinski definition) is 2. The Morgan fingerprint density at radius 2 is 2.06 bits per heavy atom. The van der Waals surface area contributed by atoms with Crippen LogP contribution in [0.25, 0.3) is 15.8 Å². The molecule has 0 radical (unpaired) electrons. The van der Waals surface area contributed by atoms with E-state index in [0.717, 1.165) is 34.0 Å². The van der Waals surface area contributed by atoms with E-state index in [4.69, 9.17) is 15.1 Å². The van der Waals surface area contributed by atoms with Gasteiger partial charge in [0.15, 0.2) is 5.84 Å². The van der Waals surface area contributed by atoms with Crippen molar-refractivity contribution in [2.45, 2.75) is 50.2 Å². The summed E-state index contributed by atoms with van der Waals surface area (Å²) >= 11 is 3.64. The third-order valence-electron chi connectivity index (χ3n) is 5.08. The summed E-state index contributed by atoms with van der Waals surface area (Å²) in [6.45, 7) is 12.0. The Bertz CT molecular complexity index is 1070. The minimum atomic E-state index is -0.0299. The maximum atomic E-state index is 8.05. The zero-order valence-electron chi connectivity index (χ0n) is 19.4. The number of fused-ring (bicyclic) bond motifs is 1. The van der Waals surface area contributed by atoms with Crippen LogP contribution in [0.2, 0.25) is 0 Å². The molecule has 0 aliphatic carbocycles. The van der Waals surface area contributed by atoms with Crippen LogP contribution in [0.5, 0.6) is 0 Å². The van der Waals surface area contributed by atoms with Crippen LogP contribution in [-0.4, -0.2) is 43.6 Å². The van der Waals surface area contributed by atoms with Crippen molar-refractivity contribution >= 4 is 50.9 Å². The van der Waals surface area contributed by atoms with Gasteiger partial charge >= 0.3 is 0 Å². The van der Waals surface area contributed by atoms with Gasteiger partial charge in [-0.15, -0.1) is 23.1 Å². The maximum absolute atomic E-state index is 8.05. The van der Waals surface area contributed by atoms with Gasteiger partial charge in [0.25, 0.3) is 0 Å². The third kappa shape index (κ3) is 5.10. The van der Waals surface area contributed by atoms with Crippen LogP contribution in [0, 0.1) is 5.41 Å². The first kappa shape index (κ1) is 23.7. The highest BCUT2D eigenvalue weighted by Gasteiger charge is 2.26. The molecule has 2 aromatic heterocycles. The number of thioether (sulfide) groups is 1. The lowest BCUT2D eigenvalue weighted by Gasteiger charge is -2.23. The fraction of sp³-hybridized carbons (Fsp3) is 0.458. The van der Waals surface area contributed by atoms with E-state index < -0.39 is 0 Å². The predicted molar refractivity (Wildman–Crippen MR) is 136 cm³/mol. The first-order chi connectivity index (χ1) is 14.7. The van der Waals surface area contributed by atoms with Crippen LogP contribution in [0.3, 0.4) is 0 Å². The average molecular weight is 457 g/mol. The van der Waals surface area contributed by atoms with Gasteiger partial charge in [0.05, 0.1) is 16.5 Å². The molecule has 0 spiro atoms. The summed E-state index contributed by atoms with van der Waals surface area (Å²) in [7, 11) is 3.58. The molecule has 3 heterocycles. The smallest absolute Gasteiger partial charge is 0.153 e. The first-order valence-electron chi connectivity index (χ1n) is 10.5. The van der Waals surface area contributed by atoms with Crippen molar-refractivity contribution in [3.63, 3.8) is 0 Å². The van der Waals surface area contributed by atoms with Crippen molar-refractivity contribution in [1.82, 2.24) is 10.3 Å². The van der Waals surface area contributed by atoms with Crippen LogP contribution in [0.1, 0.15) is 57.4 Å². The number of aliphatic imine (C=N–C) groups is 1. The van der Waals surface area contributed by atoms with Crippen LogP contribution in [0.4, 0.5) is 0 Å². The van der Waals surface area contributed by atoms with Gasteiger partial charge in [-0.05, 0) is 34.6 Å². The van der Waals surface area contributed by atoms with Crippen molar-refractivity contribution in [2.75, 3.05) is 26.5 Å². The fourth-order valence-corrected chi connectivity index (χ4v) is 6.32. The van der Waals surface area contributed by atoms with E-state index in [9.17, 15) is 0 Å². The highest BCUT2D eigenvalue weighted by atomic mass is 32.2. The summed E-state index contributed by atoms with van der Waals surface area (Å²) in [5, 5.41) is 12.3. The van der Waals surface area contributed by atoms with Gasteiger partial charge in [-0.3, -0.25) is 5.41 Å². The molecule has 0 amide bonds. The Morgan fingerprint density at radius 1 is 1.32 bits per heavy atom. The summed E-state index contributed by atoms with van der Waals surface area (Å²) in [4.78, 5) is 10.4. The van der Waals surface area contributed by atoms with Gasteiger partial charge in [0.1, 0.15) is 4.83 Å². The lowest BCUT2D eigenvalue weighted by atomic mass is 9.82. The van der Waals surface area contributed by atoms with Crippen LogP contribution < -0.4 is 5.32 Å². The predicted octanol–water partition coefficient (Wildman–Crippen LogP) is 6.00. The minimum Gasteiger partial charge on any atom is -0.393 e. The second-order valence-electron chi connectivity index (χ2n) is 8.88. The van der Waals surface area contributed by atoms with E-state index in [1.807, 2.05) is 24.9 Å². The molecule has 1 aliphatic heterocycles. The number of thiophene rings is 1. The molecule has 5 nitrogen and oxygen atoms in total. The number of allylic oxidation sites excluding steroid dienone is 1. The summed E-state index contributed by atoms with van der Waals surface area (Å²) < 4.78 is 6.61. The van der Waals surface area contributed by atoms with Crippen LogP contribution in [-0.2, 0) is 10.2 Å². The van der Waals surface area contributed by atoms with E-state index >= 15 is 0 Å². The van der Waals surface area contributed by atoms with Crippen LogP contribution >= 0.6 is 23.1 Å². The molecule has 2 aromatic rings. The monoisotopic (exact) mass is 456 g/mol. The van der Waals surface area contributed by atoms with Crippen molar-refractivity contribution < 1.29 is 4.74 Å². The number of dihydropyridines is 1. The number of nitrogens with zero attached hydrogens (tertiary/aromatic N) is 2. The lowest BCUT2D eigenvalue weighted by Crippen LogP contribution is -2.14. The molecule has 2 N–H and O–H groups in total. The van der Waals surface area contributed by atoms with E-state index in [0.29, 0.717) is 5.92 Å². The van der Waals surface area contributed by atoms with E-state index in [2.05, 4.69) is 51.0 Å². The SMILES string of the molecule is CN/C=C1/C=C(c2cc(C(C)(C)C)c3c(C(C)C)c(SCCOC)sc3n2)C=NC1=N. The Balaban J connectivity index is 2.23. The zero-order chi connectivity index (χ0) is 22.8. The van der Waals surface area contributed by atoms with Crippen molar-refractivity contribution in [3.05, 3.63) is 40.7 Å². The summed E-state index contributed by atoms with van der Waals surface area (Å²) in [6.07, 6.45) is 5.54. The molecule has 31 heavy (non-hydrogen) atoms. The van der Waals surface area contributed by atoms with E-state index in [-0.39, 0.29) is 11.3 Å². The van der Waals surface area contributed by atoms with Gasteiger partial charge < -0.3 is 10.1 Å². The molecule has 1 aliphatic rings. The van der Waals surface area contributed by atoms with Crippen molar-refractivity contribution in [1.29, 1.82) is 5.41 Å². The highest BCUT2D eigenvalue weighted by Crippen LogP contribution is 2.45. The number of amidine groups is 1. The molecular weight excluding hydrogens is 424 g/mol. The Kier molecular flexibility index (Phi) is 7.39. The molecule has 0 bridgehead atoms. The second kappa shape index (κ2) is 9.67. The van der Waals surface area contributed by atoms with Crippen LogP contribution in [0.15, 0.2) is 33.1 Å². The number of nitrogens with one attached hydrogen (secondary N) is 2. The Morgan fingerprint density at radius 3 is 2.68 bits per heavy atom. The van der Waals surface area contributed by atoms with Gasteiger partial charge in [-0.25, -0.2) is 9.98 Å². The standard InChI is InChI=1S/C24H32N4OS2/c1-14(2)19-20-17(24(3,4)5)11-18(15-10-16(12-26-6)21(25)27-13-15)28-22(20)31-23(19)30-9-8-29-7/h10-14,25-26H,8-9H2,1-7H3/b16-12-,25-21?. The second-order valence-corrected chi connectivity index (χ2v) is 11.2. The molecule has 0 unspecified atom stereocenters. The number of aromatic nitrogens is 1. The summed E-state index contributed by atoms with van der Waals surface area (Å²) in [6, 6.07) is 2.22. The summed E-state index contributed by atoms with van der Waals surface area (Å²) in [5.74, 6) is 1.60.